The van der Waals surface area contributed by atoms with E-state index in [1.54, 1.807) is 0 Å². The van der Waals surface area contributed by atoms with Crippen LogP contribution in [0.5, 0.6) is 0 Å². The highest BCUT2D eigenvalue weighted by Gasteiger charge is 2.25. The molecule has 0 amide bonds. The maximum atomic E-state index is 13.5. The molecule has 2 nitrogen and oxygen atoms in total. The fourth-order valence-electron chi connectivity index (χ4n) is 2.01. The highest BCUT2D eigenvalue weighted by Crippen LogP contribution is 2.33. The minimum Gasteiger partial charge on any atom is -0.332 e. The molecule has 1 unspecified atom stereocenters. The third-order valence-electron chi connectivity index (χ3n) is 2.83. The summed E-state index contributed by atoms with van der Waals surface area (Å²) >= 11 is 1.51. The molecule has 0 aliphatic carbocycles. The van der Waals surface area contributed by atoms with E-state index in [0.29, 0.717) is 17.0 Å². The summed E-state index contributed by atoms with van der Waals surface area (Å²) in [6, 6.07) is 2.07. The van der Waals surface area contributed by atoms with Gasteiger partial charge in [0.05, 0.1) is 12.2 Å². The van der Waals surface area contributed by atoms with E-state index in [0.717, 1.165) is 12.5 Å². The molecule has 0 saturated heterocycles. The quantitative estimate of drug-likeness (QED) is 0.818. The second kappa shape index (κ2) is 5.68. The predicted octanol–water partition coefficient (Wildman–Crippen LogP) is 4.42. The molecule has 0 saturated carbocycles. The normalized spacial score (nSPS) is 19.1. The van der Waals surface area contributed by atoms with Crippen LogP contribution in [-0.2, 0) is 0 Å². The number of nitrogens with zero attached hydrogens (tertiary/aromatic N) is 1. The lowest BCUT2D eigenvalue weighted by molar-refractivity contribution is 0.375. The Hall–Kier alpha value is -1.17. The topological polar surface area (TPSA) is 24.4 Å². The fraction of sp³-hybridized carbons (Fsp3) is 0.500. The number of hydrogen-bond acceptors (Lipinski definition) is 3. The van der Waals surface area contributed by atoms with Crippen molar-refractivity contribution in [3.05, 3.63) is 29.6 Å². The summed E-state index contributed by atoms with van der Waals surface area (Å²) in [5.74, 6) is -3.88. The molecule has 0 bridgehead atoms. The summed E-state index contributed by atoms with van der Waals surface area (Å²) < 4.78 is 39.5. The summed E-state index contributed by atoms with van der Waals surface area (Å²) in [4.78, 5) is 4.28. The van der Waals surface area contributed by atoms with E-state index < -0.39 is 17.5 Å². The molecule has 1 atom stereocenters. The summed E-state index contributed by atoms with van der Waals surface area (Å²) in [6.45, 7) is 7.09. The van der Waals surface area contributed by atoms with Crippen molar-refractivity contribution < 1.29 is 13.2 Å². The Kier molecular flexibility index (Phi) is 4.32. The minimum atomic E-state index is -1.47. The van der Waals surface area contributed by atoms with Gasteiger partial charge in [-0.05, 0) is 24.0 Å². The Morgan fingerprint density at radius 1 is 1.25 bits per heavy atom. The molecule has 110 valence electrons. The number of aliphatic imine (C=N–C) groups is 1. The zero-order chi connectivity index (χ0) is 14.9. The monoisotopic (exact) mass is 302 g/mol. The maximum absolute atomic E-state index is 13.5. The molecule has 6 heteroatoms. The molecular formula is C14H17F3N2S. The van der Waals surface area contributed by atoms with Crippen molar-refractivity contribution in [1.82, 2.24) is 0 Å². The smallest absolute Gasteiger partial charge is 0.196 e. The average Bonchev–Trinajstić information content (AvgIpc) is 2.75. The van der Waals surface area contributed by atoms with E-state index in [-0.39, 0.29) is 11.1 Å². The van der Waals surface area contributed by atoms with Crippen molar-refractivity contribution in [2.75, 3.05) is 11.9 Å². The molecule has 20 heavy (non-hydrogen) atoms. The lowest BCUT2D eigenvalue weighted by atomic mass is 9.90. The third kappa shape index (κ3) is 3.69. The van der Waals surface area contributed by atoms with Gasteiger partial charge in [-0.15, -0.1) is 0 Å². The first-order valence-electron chi connectivity index (χ1n) is 6.38. The fourth-order valence-corrected chi connectivity index (χ4v) is 3.38. The van der Waals surface area contributed by atoms with Crippen molar-refractivity contribution in [2.24, 2.45) is 10.4 Å². The van der Waals surface area contributed by atoms with Crippen molar-refractivity contribution in [1.29, 1.82) is 0 Å². The Morgan fingerprint density at radius 2 is 1.95 bits per heavy atom. The van der Waals surface area contributed by atoms with E-state index in [1.807, 2.05) is 0 Å². The number of rotatable bonds is 2. The van der Waals surface area contributed by atoms with Crippen LogP contribution in [-0.4, -0.2) is 17.0 Å². The molecule has 0 spiro atoms. The van der Waals surface area contributed by atoms with Crippen LogP contribution in [0.25, 0.3) is 0 Å². The first-order valence-corrected chi connectivity index (χ1v) is 7.26. The van der Waals surface area contributed by atoms with Gasteiger partial charge in [0.2, 0.25) is 0 Å². The van der Waals surface area contributed by atoms with Gasteiger partial charge in [0, 0.05) is 5.25 Å². The first-order chi connectivity index (χ1) is 9.26. The number of thioether (sulfide) groups is 1. The van der Waals surface area contributed by atoms with E-state index in [2.05, 4.69) is 31.1 Å². The van der Waals surface area contributed by atoms with Gasteiger partial charge in [0.25, 0.3) is 0 Å². The molecule has 1 aromatic carbocycles. The van der Waals surface area contributed by atoms with Gasteiger partial charge < -0.3 is 5.32 Å². The zero-order valence-corrected chi connectivity index (χ0v) is 12.5. The van der Waals surface area contributed by atoms with Crippen LogP contribution in [0.15, 0.2) is 17.1 Å². The Morgan fingerprint density at radius 3 is 2.60 bits per heavy atom. The second-order valence-electron chi connectivity index (χ2n) is 6.00. The molecule has 1 N–H and O–H groups in total. The summed E-state index contributed by atoms with van der Waals surface area (Å²) in [5, 5.41) is 3.59. The van der Waals surface area contributed by atoms with Crippen LogP contribution in [0.3, 0.4) is 0 Å². The van der Waals surface area contributed by atoms with Crippen molar-refractivity contribution in [2.45, 2.75) is 32.4 Å². The summed E-state index contributed by atoms with van der Waals surface area (Å²) in [7, 11) is 0. The van der Waals surface area contributed by atoms with E-state index >= 15 is 0 Å². The maximum Gasteiger partial charge on any atom is 0.196 e. The second-order valence-corrected chi connectivity index (χ2v) is 7.29. The van der Waals surface area contributed by atoms with Crippen LogP contribution in [0, 0.1) is 22.9 Å². The SMILES string of the molecule is CC(C)(C)CC1CN=C(Nc2ccc(F)c(F)c2F)S1. The zero-order valence-electron chi connectivity index (χ0n) is 11.6. The van der Waals surface area contributed by atoms with Gasteiger partial charge in [-0.1, -0.05) is 32.5 Å². The highest BCUT2D eigenvalue weighted by atomic mass is 32.2. The molecule has 1 aliphatic rings. The molecule has 1 heterocycles. The third-order valence-corrected chi connectivity index (χ3v) is 3.94. The molecule has 2 rings (SSSR count). The van der Waals surface area contributed by atoms with E-state index in [4.69, 9.17) is 0 Å². The van der Waals surface area contributed by atoms with Gasteiger partial charge in [0.15, 0.2) is 22.6 Å². The molecule has 0 radical (unpaired) electrons. The lowest BCUT2D eigenvalue weighted by Gasteiger charge is -2.21. The first kappa shape index (κ1) is 15.2. The highest BCUT2D eigenvalue weighted by molar-refractivity contribution is 8.15. The Bertz CT molecular complexity index is 538. The van der Waals surface area contributed by atoms with Gasteiger partial charge in [-0.3, -0.25) is 4.99 Å². The van der Waals surface area contributed by atoms with Crippen LogP contribution < -0.4 is 5.32 Å². The molecular weight excluding hydrogens is 285 g/mol. The summed E-state index contributed by atoms with van der Waals surface area (Å²) in [5.41, 5.74) is 0.0992. The Labute approximate surface area is 120 Å². The lowest BCUT2D eigenvalue weighted by Crippen LogP contribution is -2.16. The number of hydrogen-bond donors (Lipinski definition) is 1. The number of benzene rings is 1. The molecule has 1 aliphatic heterocycles. The van der Waals surface area contributed by atoms with Crippen LogP contribution >= 0.6 is 11.8 Å². The van der Waals surface area contributed by atoms with Crippen LogP contribution in [0.2, 0.25) is 0 Å². The van der Waals surface area contributed by atoms with Gasteiger partial charge >= 0.3 is 0 Å². The Balaban J connectivity index is 2.01. The van der Waals surface area contributed by atoms with Crippen LogP contribution in [0.1, 0.15) is 27.2 Å². The number of amidine groups is 1. The van der Waals surface area contributed by atoms with Crippen molar-refractivity contribution in [3.8, 4) is 0 Å². The molecule has 0 fully saturated rings. The molecule has 0 aromatic heterocycles. The average molecular weight is 302 g/mol. The van der Waals surface area contributed by atoms with Crippen molar-refractivity contribution in [3.63, 3.8) is 0 Å². The summed E-state index contributed by atoms with van der Waals surface area (Å²) in [6.07, 6.45) is 0.979. The van der Waals surface area contributed by atoms with Gasteiger partial charge in [-0.25, -0.2) is 13.2 Å². The molecule has 1 aromatic rings. The minimum absolute atomic E-state index is 0.0911. The van der Waals surface area contributed by atoms with E-state index in [9.17, 15) is 13.2 Å². The number of nitrogens with one attached hydrogen (secondary N) is 1. The van der Waals surface area contributed by atoms with Gasteiger partial charge in [0.1, 0.15) is 0 Å². The standard InChI is InChI=1S/C14H17F3N2S/c1-14(2,3)6-8-7-18-13(20-8)19-10-5-4-9(15)11(16)12(10)17/h4-5,8H,6-7H2,1-3H3,(H,18,19). The number of anilines is 1. The van der Waals surface area contributed by atoms with Crippen LogP contribution in [0.4, 0.5) is 18.9 Å². The number of halogens is 3. The predicted molar refractivity (Wildman–Crippen MR) is 77.7 cm³/mol. The largest absolute Gasteiger partial charge is 0.332 e. The van der Waals surface area contributed by atoms with Crippen molar-refractivity contribution >= 4 is 22.6 Å². The van der Waals surface area contributed by atoms with Gasteiger partial charge in [-0.2, -0.15) is 0 Å². The van der Waals surface area contributed by atoms with E-state index in [1.165, 1.54) is 17.8 Å².